The minimum atomic E-state index is -0.479. The third-order valence-corrected chi connectivity index (χ3v) is 4.81. The van der Waals surface area contributed by atoms with Gasteiger partial charge < -0.3 is 10.1 Å². The molecule has 1 N–H and O–H groups in total. The number of pyridine rings is 1. The Morgan fingerprint density at radius 3 is 2.63 bits per heavy atom. The second kappa shape index (κ2) is 7.23. The molecule has 1 saturated carbocycles. The molecule has 1 aliphatic rings. The van der Waals surface area contributed by atoms with Gasteiger partial charge in [-0.15, -0.1) is 0 Å². The topological polar surface area (TPSA) is 72.7 Å². The summed E-state index contributed by atoms with van der Waals surface area (Å²) in [6.45, 7) is 1.88. The Labute approximate surface area is 156 Å². The van der Waals surface area contributed by atoms with Gasteiger partial charge in [0.2, 0.25) is 0 Å². The molecule has 6 nitrogen and oxygen atoms in total. The summed E-state index contributed by atoms with van der Waals surface area (Å²) in [4.78, 5) is 29.3. The lowest BCUT2D eigenvalue weighted by Gasteiger charge is -2.13. The van der Waals surface area contributed by atoms with Crippen LogP contribution < -0.4 is 15.6 Å². The maximum Gasteiger partial charge on any atom is 0.270 e. The van der Waals surface area contributed by atoms with Crippen LogP contribution in [0.15, 0.2) is 53.6 Å². The molecule has 0 atom stereocenters. The minimum absolute atomic E-state index is 0.00406. The van der Waals surface area contributed by atoms with E-state index in [-0.39, 0.29) is 17.2 Å². The van der Waals surface area contributed by atoms with Crippen LogP contribution in [0.2, 0.25) is 0 Å². The summed E-state index contributed by atoms with van der Waals surface area (Å²) in [5, 5.41) is 2.75. The van der Waals surface area contributed by atoms with Crippen molar-refractivity contribution in [1.82, 2.24) is 9.38 Å². The molecule has 1 fully saturated rings. The highest BCUT2D eigenvalue weighted by Crippen LogP contribution is 2.25. The number of carbonyl (C=O) groups excluding carboxylic acids is 1. The smallest absolute Gasteiger partial charge is 0.270 e. The number of ether oxygens (including phenoxy) is 1. The number of hydrogen-bond donors (Lipinski definition) is 1. The van der Waals surface area contributed by atoms with Gasteiger partial charge in [0.15, 0.2) is 0 Å². The third kappa shape index (κ3) is 3.69. The van der Waals surface area contributed by atoms with Gasteiger partial charge in [-0.3, -0.25) is 14.0 Å². The summed E-state index contributed by atoms with van der Waals surface area (Å²) in [7, 11) is 0. The van der Waals surface area contributed by atoms with Gasteiger partial charge in [-0.1, -0.05) is 6.07 Å². The number of hydrogen-bond acceptors (Lipinski definition) is 4. The summed E-state index contributed by atoms with van der Waals surface area (Å²) < 4.78 is 7.31. The van der Waals surface area contributed by atoms with Crippen molar-refractivity contribution in [1.29, 1.82) is 0 Å². The summed E-state index contributed by atoms with van der Waals surface area (Å²) in [6.07, 6.45) is 7.91. The summed E-state index contributed by atoms with van der Waals surface area (Å²) >= 11 is 0. The second-order valence-corrected chi connectivity index (χ2v) is 6.91. The molecule has 0 spiro atoms. The number of fused-ring (bicyclic) bond motifs is 1. The molecule has 0 saturated heterocycles. The van der Waals surface area contributed by atoms with Crippen LogP contribution in [0.3, 0.4) is 0 Å². The molecule has 0 radical (unpaired) electrons. The fourth-order valence-electron chi connectivity index (χ4n) is 3.35. The Hall–Kier alpha value is -3.15. The lowest BCUT2D eigenvalue weighted by molar-refractivity contribution is 0.102. The molecule has 1 aromatic carbocycles. The Kier molecular flexibility index (Phi) is 4.62. The Bertz CT molecular complexity index is 1030. The summed E-state index contributed by atoms with van der Waals surface area (Å²) in [6, 6.07) is 10.8. The first-order chi connectivity index (χ1) is 13.1. The predicted molar refractivity (Wildman–Crippen MR) is 103 cm³/mol. The SMILES string of the molecule is Cc1ccc2ncc(C(=O)Nc3ccc(OC4CCCC4)cc3)c(=O)n2c1. The van der Waals surface area contributed by atoms with Crippen molar-refractivity contribution in [2.24, 2.45) is 0 Å². The molecule has 27 heavy (non-hydrogen) atoms. The molecule has 138 valence electrons. The highest BCUT2D eigenvalue weighted by molar-refractivity contribution is 6.03. The first kappa shape index (κ1) is 17.3. The van der Waals surface area contributed by atoms with E-state index in [9.17, 15) is 9.59 Å². The molecule has 1 aliphatic carbocycles. The van der Waals surface area contributed by atoms with Gasteiger partial charge in [-0.2, -0.15) is 0 Å². The number of rotatable bonds is 4. The Morgan fingerprint density at radius 2 is 1.89 bits per heavy atom. The van der Waals surface area contributed by atoms with Crippen LogP contribution >= 0.6 is 0 Å². The van der Waals surface area contributed by atoms with Crippen molar-refractivity contribution in [3.8, 4) is 5.75 Å². The molecular formula is C21H21N3O3. The summed E-state index contributed by atoms with van der Waals surface area (Å²) in [5.74, 6) is 0.315. The van der Waals surface area contributed by atoms with Crippen LogP contribution in [-0.2, 0) is 0 Å². The van der Waals surface area contributed by atoms with Crippen LogP contribution in [0.4, 0.5) is 5.69 Å². The maximum atomic E-state index is 12.6. The molecule has 2 heterocycles. The first-order valence-electron chi connectivity index (χ1n) is 9.16. The highest BCUT2D eigenvalue weighted by atomic mass is 16.5. The third-order valence-electron chi connectivity index (χ3n) is 4.81. The lowest BCUT2D eigenvalue weighted by atomic mass is 10.2. The van der Waals surface area contributed by atoms with Gasteiger partial charge in [0.25, 0.3) is 11.5 Å². The number of nitrogens with one attached hydrogen (secondary N) is 1. The number of anilines is 1. The second-order valence-electron chi connectivity index (χ2n) is 6.91. The lowest BCUT2D eigenvalue weighted by Crippen LogP contribution is -2.26. The van der Waals surface area contributed by atoms with E-state index in [0.717, 1.165) is 24.2 Å². The molecular weight excluding hydrogens is 342 g/mol. The van der Waals surface area contributed by atoms with E-state index in [2.05, 4.69) is 10.3 Å². The zero-order valence-electron chi connectivity index (χ0n) is 15.1. The van der Waals surface area contributed by atoms with Gasteiger partial charge in [0.05, 0.1) is 6.10 Å². The van der Waals surface area contributed by atoms with E-state index in [4.69, 9.17) is 4.74 Å². The average Bonchev–Trinajstić information content (AvgIpc) is 3.17. The van der Waals surface area contributed by atoms with Crippen LogP contribution in [0.25, 0.3) is 5.65 Å². The molecule has 0 unspecified atom stereocenters. The fraction of sp³-hybridized carbons (Fsp3) is 0.286. The normalized spacial score (nSPS) is 14.4. The van der Waals surface area contributed by atoms with Crippen molar-refractivity contribution >= 4 is 17.2 Å². The zero-order valence-corrected chi connectivity index (χ0v) is 15.1. The van der Waals surface area contributed by atoms with Gasteiger partial charge in [0, 0.05) is 18.1 Å². The van der Waals surface area contributed by atoms with E-state index in [0.29, 0.717) is 11.3 Å². The van der Waals surface area contributed by atoms with Gasteiger partial charge in [-0.05, 0) is 68.5 Å². The van der Waals surface area contributed by atoms with Gasteiger partial charge in [0.1, 0.15) is 17.0 Å². The number of amides is 1. The van der Waals surface area contributed by atoms with Crippen molar-refractivity contribution in [3.05, 3.63) is 70.3 Å². The molecule has 1 amide bonds. The number of benzene rings is 1. The minimum Gasteiger partial charge on any atom is -0.490 e. The largest absolute Gasteiger partial charge is 0.490 e. The monoisotopic (exact) mass is 363 g/mol. The molecule has 0 aliphatic heterocycles. The van der Waals surface area contributed by atoms with Crippen LogP contribution in [0.5, 0.6) is 5.75 Å². The molecule has 2 aromatic heterocycles. The molecule has 3 aromatic rings. The predicted octanol–water partition coefficient (Wildman–Crippen LogP) is 3.58. The Morgan fingerprint density at radius 1 is 1.15 bits per heavy atom. The first-order valence-corrected chi connectivity index (χ1v) is 9.16. The number of aryl methyl sites for hydroxylation is 1. The molecule has 6 heteroatoms. The van der Waals surface area contributed by atoms with Gasteiger partial charge >= 0.3 is 0 Å². The van der Waals surface area contributed by atoms with Crippen LogP contribution in [0, 0.1) is 6.92 Å². The molecule has 0 bridgehead atoms. The van der Waals surface area contributed by atoms with E-state index in [1.807, 2.05) is 25.1 Å². The highest BCUT2D eigenvalue weighted by Gasteiger charge is 2.17. The van der Waals surface area contributed by atoms with Crippen molar-refractivity contribution in [3.63, 3.8) is 0 Å². The van der Waals surface area contributed by atoms with E-state index >= 15 is 0 Å². The summed E-state index contributed by atoms with van der Waals surface area (Å²) in [5.41, 5.74) is 1.65. The molecule has 4 rings (SSSR count). The van der Waals surface area contributed by atoms with E-state index in [1.165, 1.54) is 23.4 Å². The standard InChI is InChI=1S/C21H21N3O3/c1-14-6-11-19-22-12-18(21(26)24(19)13-14)20(25)23-15-7-9-17(10-8-15)27-16-4-2-3-5-16/h6-13,16H,2-5H2,1H3,(H,23,25). The van der Waals surface area contributed by atoms with Crippen molar-refractivity contribution in [2.45, 2.75) is 38.7 Å². The van der Waals surface area contributed by atoms with Crippen molar-refractivity contribution in [2.75, 3.05) is 5.32 Å². The quantitative estimate of drug-likeness (QED) is 0.769. The zero-order chi connectivity index (χ0) is 18.8. The van der Waals surface area contributed by atoms with Gasteiger partial charge in [-0.25, -0.2) is 4.98 Å². The number of aromatic nitrogens is 2. The van der Waals surface area contributed by atoms with Crippen molar-refractivity contribution < 1.29 is 9.53 Å². The number of carbonyl (C=O) groups is 1. The maximum absolute atomic E-state index is 12.6. The van der Waals surface area contributed by atoms with Crippen LogP contribution in [0.1, 0.15) is 41.6 Å². The Balaban J connectivity index is 1.51. The number of nitrogens with zero attached hydrogens (tertiary/aromatic N) is 2. The fourth-order valence-corrected chi connectivity index (χ4v) is 3.35. The van der Waals surface area contributed by atoms with E-state index in [1.54, 1.807) is 24.4 Å². The van der Waals surface area contributed by atoms with E-state index < -0.39 is 5.91 Å². The average molecular weight is 363 g/mol. The van der Waals surface area contributed by atoms with Crippen LogP contribution in [-0.4, -0.2) is 21.4 Å².